The summed E-state index contributed by atoms with van der Waals surface area (Å²) >= 11 is 6.47. The Hall–Kier alpha value is -3.87. The van der Waals surface area contributed by atoms with Gasteiger partial charge in [-0.05, 0) is 116 Å². The lowest BCUT2D eigenvalue weighted by molar-refractivity contribution is 0.0131. The third kappa shape index (κ3) is 7.66. The van der Waals surface area contributed by atoms with Crippen molar-refractivity contribution in [2.45, 2.75) is 69.8 Å². The molecule has 54 heavy (non-hydrogen) atoms. The molecule has 5 aliphatic rings. The van der Waals surface area contributed by atoms with Crippen molar-refractivity contribution in [3.63, 3.8) is 0 Å². The van der Waals surface area contributed by atoms with Crippen molar-refractivity contribution in [1.29, 1.82) is 0 Å². The fraction of sp³-hybridized carbons (Fsp3) is 0.537. The number of benzene rings is 2. The molecule has 0 saturated heterocycles. The van der Waals surface area contributed by atoms with E-state index in [0.717, 1.165) is 62.2 Å². The highest BCUT2D eigenvalue weighted by atomic mass is 35.5. The van der Waals surface area contributed by atoms with Gasteiger partial charge in [0.2, 0.25) is 5.88 Å². The molecule has 2 bridgehead atoms. The quantitative estimate of drug-likeness (QED) is 0.268. The Morgan fingerprint density at radius 3 is 2.80 bits per heavy atom. The fourth-order valence-corrected chi connectivity index (χ4v) is 10.9. The number of hydrogen-bond acceptors (Lipinski definition) is 8. The normalized spacial score (nSPS) is 30.1. The van der Waals surface area contributed by atoms with Gasteiger partial charge >= 0.3 is 0 Å². The number of rotatable bonds is 6. The van der Waals surface area contributed by atoms with Gasteiger partial charge in [-0.3, -0.25) is 19.0 Å². The number of fused-ring (bicyclic) bond motifs is 4. The summed E-state index contributed by atoms with van der Waals surface area (Å²) < 4.78 is 41.9. The summed E-state index contributed by atoms with van der Waals surface area (Å²) in [5, 5.41) is 5.07. The van der Waals surface area contributed by atoms with Crippen LogP contribution < -0.4 is 19.1 Å². The number of amides is 2. The number of nitrogens with one attached hydrogen (secondary N) is 1. The Bertz CT molecular complexity index is 2090. The van der Waals surface area contributed by atoms with Gasteiger partial charge in [-0.2, -0.15) is 0 Å². The molecule has 6 atom stereocenters. The predicted octanol–water partition coefficient (Wildman–Crippen LogP) is 6.93. The molecule has 1 spiro atoms. The standard InChI is InChI=1S/C41H50ClN5O6S/c1-26-6-4-8-36(51-3)32-14-11-30(32)20-47-24-41(17-5-7-28-18-31(42)13-15-34(28)41)25-53-37-16-12-29(19-35(37)47)38(48)44-54(50,23-26)45-39(49)33-21-46(2)43-40(33)52-22-27-9-10-27/h4,8,12-13,15-16,18-19,21,26-27,30,32,36H,5-7,9-11,14,17,20,22-25H2,1-3H3,(H,44,45,48,49,50)/b8-4+/t26-,30-,32+,36-,41-,54-/m0/s1. The molecule has 1 N–H and O–H groups in total. The summed E-state index contributed by atoms with van der Waals surface area (Å²) in [5.41, 5.74) is 3.51. The zero-order chi connectivity index (χ0) is 37.6. The molecule has 3 aromatic rings. The summed E-state index contributed by atoms with van der Waals surface area (Å²) in [6.07, 6.45) is 13.5. The van der Waals surface area contributed by atoms with Crippen molar-refractivity contribution >= 4 is 39.0 Å². The second-order valence-electron chi connectivity index (χ2n) is 16.2. The maximum atomic E-state index is 14.8. The first-order valence-electron chi connectivity index (χ1n) is 19.3. The van der Waals surface area contributed by atoms with Crippen LogP contribution in [0.25, 0.3) is 0 Å². The third-order valence-corrected chi connectivity index (χ3v) is 14.2. The van der Waals surface area contributed by atoms with E-state index >= 15 is 0 Å². The first-order chi connectivity index (χ1) is 26.0. The molecule has 0 unspecified atom stereocenters. The van der Waals surface area contributed by atoms with Crippen molar-refractivity contribution in [3.05, 3.63) is 82.0 Å². The number of aryl methyl sites for hydroxylation is 2. The lowest BCUT2D eigenvalue weighted by Crippen LogP contribution is -2.49. The molecule has 2 aliphatic heterocycles. The SMILES string of the molecule is CO[C@H]1/C=C/C[C@H](C)C[S@@](=O)(NC(=O)c2cn(C)nc2OCC2CC2)=NC(=O)c2ccc3c(c2)N(C[C@@H]2CC[C@H]21)C[C@@]1(CCCc2cc(Cl)ccc21)CO3. The van der Waals surface area contributed by atoms with Crippen LogP contribution >= 0.6 is 11.6 Å². The van der Waals surface area contributed by atoms with Gasteiger partial charge < -0.3 is 19.1 Å². The first-order valence-corrected chi connectivity index (χ1v) is 21.4. The molecule has 3 heterocycles. The summed E-state index contributed by atoms with van der Waals surface area (Å²) in [4.78, 5) is 30.3. The lowest BCUT2D eigenvalue weighted by atomic mass is 9.68. The van der Waals surface area contributed by atoms with E-state index in [0.29, 0.717) is 49.7 Å². The van der Waals surface area contributed by atoms with Crippen LogP contribution in [0.15, 0.2) is 59.1 Å². The summed E-state index contributed by atoms with van der Waals surface area (Å²) in [6.45, 7) is 4.39. The van der Waals surface area contributed by atoms with Gasteiger partial charge in [0.05, 0.1) is 30.8 Å². The molecule has 2 saturated carbocycles. The molecule has 0 radical (unpaired) electrons. The number of carbonyl (C=O) groups is 2. The Morgan fingerprint density at radius 2 is 2.02 bits per heavy atom. The zero-order valence-corrected chi connectivity index (χ0v) is 32.9. The van der Waals surface area contributed by atoms with Crippen LogP contribution in [-0.2, 0) is 33.5 Å². The maximum Gasteiger partial charge on any atom is 0.286 e. The monoisotopic (exact) mass is 775 g/mol. The second-order valence-corrected chi connectivity index (χ2v) is 18.6. The summed E-state index contributed by atoms with van der Waals surface area (Å²) in [5.74, 6) is 0.522. The molecule has 2 aromatic carbocycles. The van der Waals surface area contributed by atoms with Crippen LogP contribution in [0.5, 0.6) is 11.6 Å². The number of ether oxygens (including phenoxy) is 3. The van der Waals surface area contributed by atoms with Crippen LogP contribution in [-0.4, -0.2) is 71.1 Å². The molecule has 1 aromatic heterocycles. The third-order valence-electron chi connectivity index (χ3n) is 12.0. The van der Waals surface area contributed by atoms with E-state index in [1.54, 1.807) is 20.2 Å². The molecule has 8 rings (SSSR count). The number of hydrogen-bond donors (Lipinski definition) is 1. The van der Waals surface area contributed by atoms with Crippen LogP contribution in [0.4, 0.5) is 5.69 Å². The van der Waals surface area contributed by atoms with Crippen LogP contribution in [0.3, 0.4) is 0 Å². The minimum atomic E-state index is -3.60. The molecule has 2 fully saturated rings. The number of carbonyl (C=O) groups excluding carboxylic acids is 2. The average molecular weight is 776 g/mol. The zero-order valence-electron chi connectivity index (χ0n) is 31.3. The van der Waals surface area contributed by atoms with Gasteiger partial charge in [-0.25, -0.2) is 4.21 Å². The molecule has 3 aliphatic carbocycles. The fourth-order valence-electron chi connectivity index (χ4n) is 8.78. The molecule has 2 amide bonds. The van der Waals surface area contributed by atoms with Crippen LogP contribution in [0.1, 0.15) is 83.7 Å². The smallest absolute Gasteiger partial charge is 0.286 e. The van der Waals surface area contributed by atoms with E-state index in [-0.39, 0.29) is 40.2 Å². The van der Waals surface area contributed by atoms with Gasteiger partial charge in [0, 0.05) is 49.4 Å². The van der Waals surface area contributed by atoms with Crippen molar-refractivity contribution in [2.24, 2.45) is 35.1 Å². The van der Waals surface area contributed by atoms with Crippen molar-refractivity contribution < 1.29 is 28.0 Å². The van der Waals surface area contributed by atoms with Gasteiger partial charge in [-0.1, -0.05) is 36.7 Å². The van der Waals surface area contributed by atoms with E-state index in [2.05, 4.69) is 43.4 Å². The molecule has 11 nitrogen and oxygen atoms in total. The van der Waals surface area contributed by atoms with E-state index in [1.165, 1.54) is 22.0 Å². The predicted molar refractivity (Wildman–Crippen MR) is 209 cm³/mol. The first kappa shape index (κ1) is 37.1. The van der Waals surface area contributed by atoms with E-state index in [9.17, 15) is 13.8 Å². The van der Waals surface area contributed by atoms with Crippen molar-refractivity contribution in [3.8, 4) is 11.6 Å². The number of methoxy groups -OCH3 is 1. The van der Waals surface area contributed by atoms with Gasteiger partial charge in [-0.15, -0.1) is 9.46 Å². The number of nitrogens with zero attached hydrogens (tertiary/aromatic N) is 4. The minimum absolute atomic E-state index is 0.0246. The Morgan fingerprint density at radius 1 is 1.17 bits per heavy atom. The number of aromatic nitrogens is 2. The van der Waals surface area contributed by atoms with E-state index in [1.807, 2.05) is 25.1 Å². The summed E-state index contributed by atoms with van der Waals surface area (Å²) in [7, 11) is -0.141. The Balaban J connectivity index is 1.17. The van der Waals surface area contributed by atoms with Gasteiger partial charge in [0.1, 0.15) is 21.2 Å². The highest BCUT2D eigenvalue weighted by Gasteiger charge is 2.44. The number of anilines is 1. The van der Waals surface area contributed by atoms with Crippen LogP contribution in [0.2, 0.25) is 5.02 Å². The second kappa shape index (κ2) is 15.0. The Labute approximate surface area is 323 Å². The highest BCUT2D eigenvalue weighted by Crippen LogP contribution is 2.47. The number of halogens is 1. The van der Waals surface area contributed by atoms with Crippen molar-refractivity contribution in [2.75, 3.05) is 44.1 Å². The molecular weight excluding hydrogens is 726 g/mol. The van der Waals surface area contributed by atoms with E-state index in [4.69, 9.17) is 25.8 Å². The topological polar surface area (TPSA) is 124 Å². The van der Waals surface area contributed by atoms with Gasteiger partial charge in [0.25, 0.3) is 11.8 Å². The van der Waals surface area contributed by atoms with E-state index < -0.39 is 21.7 Å². The average Bonchev–Trinajstić information content (AvgIpc) is 3.90. The molecule has 13 heteroatoms. The molecular formula is C41H50ClN5O6S. The Kier molecular flexibility index (Phi) is 10.3. The van der Waals surface area contributed by atoms with Gasteiger partial charge in [0.15, 0.2) is 0 Å². The molecule has 288 valence electrons. The lowest BCUT2D eigenvalue weighted by Gasteiger charge is -2.46. The maximum absolute atomic E-state index is 14.8. The highest BCUT2D eigenvalue weighted by molar-refractivity contribution is 7.92. The minimum Gasteiger partial charge on any atom is -0.490 e. The largest absolute Gasteiger partial charge is 0.490 e. The number of allylic oxidation sites excluding steroid dienone is 1. The summed E-state index contributed by atoms with van der Waals surface area (Å²) in [6, 6.07) is 11.6. The van der Waals surface area contributed by atoms with Crippen LogP contribution in [0, 0.1) is 23.7 Å². The van der Waals surface area contributed by atoms with Crippen molar-refractivity contribution in [1.82, 2.24) is 14.5 Å².